The summed E-state index contributed by atoms with van der Waals surface area (Å²) < 4.78 is 40.9. The predicted octanol–water partition coefficient (Wildman–Crippen LogP) is 5.17. The number of alkyl halides is 3. The van der Waals surface area contributed by atoms with Crippen molar-refractivity contribution in [3.05, 3.63) is 95.1 Å². The van der Waals surface area contributed by atoms with E-state index in [0.29, 0.717) is 17.8 Å². The SMILES string of the molecule is C=C1C=CC(C(F)(F)F)=CN1CC(=O)c1cc(C)n(Cc2ccccc2)c1C. The van der Waals surface area contributed by atoms with Gasteiger partial charge in [-0.2, -0.15) is 13.2 Å². The highest BCUT2D eigenvalue weighted by Gasteiger charge is 2.34. The standard InChI is InChI=1S/C22H21F3N2O/c1-15-9-10-19(22(23,24)25)13-26(15)14-21(28)20-11-16(2)27(17(20)3)12-18-7-5-4-6-8-18/h4-11,13H,1,12,14H2,2-3H3. The first-order valence-electron chi connectivity index (χ1n) is 8.83. The Kier molecular flexibility index (Phi) is 5.31. The molecule has 0 saturated heterocycles. The molecule has 3 rings (SSSR count). The Bertz CT molecular complexity index is 966. The van der Waals surface area contributed by atoms with Crippen molar-refractivity contribution < 1.29 is 18.0 Å². The summed E-state index contributed by atoms with van der Waals surface area (Å²) in [7, 11) is 0. The van der Waals surface area contributed by atoms with Gasteiger partial charge >= 0.3 is 6.18 Å². The molecule has 0 unspecified atom stereocenters. The molecule has 1 aromatic heterocycles. The number of benzene rings is 1. The molecule has 6 heteroatoms. The lowest BCUT2D eigenvalue weighted by Gasteiger charge is -2.25. The Morgan fingerprint density at radius 3 is 2.43 bits per heavy atom. The van der Waals surface area contributed by atoms with Crippen LogP contribution in [0.5, 0.6) is 0 Å². The molecule has 1 aliphatic rings. The van der Waals surface area contributed by atoms with Crippen molar-refractivity contribution in [2.24, 2.45) is 0 Å². The molecule has 0 aliphatic carbocycles. The zero-order valence-corrected chi connectivity index (χ0v) is 15.8. The zero-order chi connectivity index (χ0) is 20.5. The fourth-order valence-corrected chi connectivity index (χ4v) is 3.22. The quantitative estimate of drug-likeness (QED) is 0.663. The summed E-state index contributed by atoms with van der Waals surface area (Å²) in [6.07, 6.45) is -1.29. The van der Waals surface area contributed by atoms with Crippen molar-refractivity contribution >= 4 is 5.78 Å². The van der Waals surface area contributed by atoms with Crippen molar-refractivity contribution in [2.75, 3.05) is 6.54 Å². The van der Waals surface area contributed by atoms with E-state index in [2.05, 4.69) is 6.58 Å². The first-order chi connectivity index (χ1) is 13.2. The molecular formula is C22H21F3N2O. The van der Waals surface area contributed by atoms with Crippen LogP contribution in [0.15, 0.2) is 72.6 Å². The maximum Gasteiger partial charge on any atom is 0.417 e. The number of rotatable bonds is 5. The summed E-state index contributed by atoms with van der Waals surface area (Å²) in [5.74, 6) is -0.248. The van der Waals surface area contributed by atoms with E-state index in [1.807, 2.05) is 48.7 Å². The van der Waals surface area contributed by atoms with Gasteiger partial charge in [-0.3, -0.25) is 4.79 Å². The van der Waals surface area contributed by atoms with Crippen LogP contribution in [0.4, 0.5) is 13.2 Å². The molecule has 0 N–H and O–H groups in total. The number of halogens is 3. The van der Waals surface area contributed by atoms with E-state index in [9.17, 15) is 18.0 Å². The number of hydrogen-bond donors (Lipinski definition) is 0. The Hall–Kier alpha value is -3.02. The Morgan fingerprint density at radius 2 is 1.79 bits per heavy atom. The third kappa shape index (κ3) is 4.11. The van der Waals surface area contributed by atoms with E-state index in [-0.39, 0.29) is 12.3 Å². The maximum atomic E-state index is 13.0. The fourth-order valence-electron chi connectivity index (χ4n) is 3.22. The van der Waals surface area contributed by atoms with Gasteiger partial charge < -0.3 is 9.47 Å². The summed E-state index contributed by atoms with van der Waals surface area (Å²) in [6.45, 7) is 7.93. The van der Waals surface area contributed by atoms with Gasteiger partial charge in [0.15, 0.2) is 5.78 Å². The zero-order valence-electron chi connectivity index (χ0n) is 15.8. The molecule has 0 bridgehead atoms. The van der Waals surface area contributed by atoms with Gasteiger partial charge in [0.05, 0.1) is 12.1 Å². The summed E-state index contributed by atoms with van der Waals surface area (Å²) in [6, 6.07) is 11.7. The van der Waals surface area contributed by atoms with E-state index in [1.165, 1.54) is 11.0 Å². The van der Waals surface area contributed by atoms with Gasteiger partial charge in [-0.1, -0.05) is 36.9 Å². The topological polar surface area (TPSA) is 25.2 Å². The number of aryl methyl sites for hydroxylation is 1. The third-order valence-electron chi connectivity index (χ3n) is 4.82. The second kappa shape index (κ2) is 7.54. The number of allylic oxidation sites excluding steroid dienone is 3. The molecule has 3 nitrogen and oxygen atoms in total. The number of hydrogen-bond acceptors (Lipinski definition) is 2. The lowest BCUT2D eigenvalue weighted by Crippen LogP contribution is -2.28. The summed E-state index contributed by atoms with van der Waals surface area (Å²) in [5.41, 5.74) is 2.88. The van der Waals surface area contributed by atoms with Crippen molar-refractivity contribution in [3.63, 3.8) is 0 Å². The van der Waals surface area contributed by atoms with Crippen molar-refractivity contribution in [1.29, 1.82) is 0 Å². The number of aromatic nitrogens is 1. The minimum atomic E-state index is -4.47. The lowest BCUT2D eigenvalue weighted by atomic mass is 10.1. The first kappa shape index (κ1) is 19.7. The Labute approximate surface area is 162 Å². The smallest absolute Gasteiger partial charge is 0.344 e. The summed E-state index contributed by atoms with van der Waals surface area (Å²) >= 11 is 0. The van der Waals surface area contributed by atoms with Gasteiger partial charge in [0, 0.05) is 35.4 Å². The van der Waals surface area contributed by atoms with Crippen LogP contribution < -0.4 is 0 Å². The van der Waals surface area contributed by atoms with Crippen molar-refractivity contribution in [3.8, 4) is 0 Å². The monoisotopic (exact) mass is 386 g/mol. The van der Waals surface area contributed by atoms with E-state index >= 15 is 0 Å². The second-order valence-electron chi connectivity index (χ2n) is 6.81. The van der Waals surface area contributed by atoms with Gasteiger partial charge in [0.25, 0.3) is 0 Å². The molecule has 146 valence electrons. The molecule has 2 aromatic rings. The van der Waals surface area contributed by atoms with E-state index in [4.69, 9.17) is 0 Å². The summed E-state index contributed by atoms with van der Waals surface area (Å²) in [4.78, 5) is 14.1. The Morgan fingerprint density at radius 1 is 1.11 bits per heavy atom. The molecule has 0 spiro atoms. The van der Waals surface area contributed by atoms with Crippen LogP contribution in [0.3, 0.4) is 0 Å². The average Bonchev–Trinajstić information content (AvgIpc) is 2.92. The van der Waals surface area contributed by atoms with Crippen LogP contribution in [0, 0.1) is 13.8 Å². The summed E-state index contributed by atoms with van der Waals surface area (Å²) in [5, 5.41) is 0. The minimum Gasteiger partial charge on any atom is -0.344 e. The van der Waals surface area contributed by atoms with Crippen molar-refractivity contribution in [2.45, 2.75) is 26.6 Å². The number of carbonyl (C=O) groups excluding carboxylic acids is 1. The highest BCUT2D eigenvalue weighted by atomic mass is 19.4. The van der Waals surface area contributed by atoms with Crippen LogP contribution in [0.25, 0.3) is 0 Å². The van der Waals surface area contributed by atoms with Gasteiger partial charge in [-0.15, -0.1) is 0 Å². The molecule has 1 aromatic carbocycles. The number of carbonyl (C=O) groups is 1. The number of nitrogens with zero attached hydrogens (tertiary/aromatic N) is 2. The normalized spacial score (nSPS) is 14.4. The van der Waals surface area contributed by atoms with E-state index in [1.54, 1.807) is 6.07 Å². The number of ketones is 1. The molecular weight excluding hydrogens is 365 g/mol. The van der Waals surface area contributed by atoms with Gasteiger partial charge in [0.2, 0.25) is 0 Å². The molecule has 0 radical (unpaired) electrons. The molecule has 0 atom stereocenters. The molecule has 0 saturated carbocycles. The van der Waals surface area contributed by atoms with Crippen LogP contribution in [-0.2, 0) is 6.54 Å². The third-order valence-corrected chi connectivity index (χ3v) is 4.82. The highest BCUT2D eigenvalue weighted by molar-refractivity contribution is 5.99. The molecule has 28 heavy (non-hydrogen) atoms. The highest BCUT2D eigenvalue weighted by Crippen LogP contribution is 2.30. The minimum absolute atomic E-state index is 0.196. The Balaban J connectivity index is 1.82. The lowest BCUT2D eigenvalue weighted by molar-refractivity contribution is -0.0893. The number of Topliss-reactive ketones (excluding diaryl/α,β-unsaturated/α-hetero) is 1. The van der Waals surface area contributed by atoms with Crippen LogP contribution in [-0.4, -0.2) is 28.0 Å². The van der Waals surface area contributed by atoms with Gasteiger partial charge in [-0.05, 0) is 37.6 Å². The first-order valence-corrected chi connectivity index (χ1v) is 8.83. The average molecular weight is 386 g/mol. The maximum absolute atomic E-state index is 13.0. The largest absolute Gasteiger partial charge is 0.417 e. The fraction of sp³-hybridized carbons (Fsp3) is 0.227. The van der Waals surface area contributed by atoms with Gasteiger partial charge in [0.1, 0.15) is 0 Å². The molecule has 0 amide bonds. The predicted molar refractivity (Wildman–Crippen MR) is 103 cm³/mol. The van der Waals surface area contributed by atoms with Gasteiger partial charge in [-0.25, -0.2) is 0 Å². The molecule has 0 fully saturated rings. The van der Waals surface area contributed by atoms with Crippen LogP contribution >= 0.6 is 0 Å². The second-order valence-corrected chi connectivity index (χ2v) is 6.81. The molecule has 2 heterocycles. The van der Waals surface area contributed by atoms with Crippen molar-refractivity contribution in [1.82, 2.24) is 9.47 Å². The molecule has 1 aliphatic heterocycles. The van der Waals surface area contributed by atoms with Crippen LogP contribution in [0.1, 0.15) is 27.3 Å². The van der Waals surface area contributed by atoms with E-state index in [0.717, 1.165) is 29.2 Å². The van der Waals surface area contributed by atoms with E-state index < -0.39 is 11.7 Å². The van der Waals surface area contributed by atoms with Crippen LogP contribution in [0.2, 0.25) is 0 Å².